The number of carbonyl (C=O) groups excluding carboxylic acids is 2. The van der Waals surface area contributed by atoms with Gasteiger partial charge in [-0.25, -0.2) is 9.69 Å². The normalized spacial score (nSPS) is 22.8. The zero-order chi connectivity index (χ0) is 19.8. The molecule has 0 radical (unpaired) electrons. The molecule has 1 aliphatic heterocycles. The Bertz CT molecular complexity index is 842. The van der Waals surface area contributed by atoms with Crippen LogP contribution in [-0.4, -0.2) is 29.0 Å². The lowest BCUT2D eigenvalue weighted by Gasteiger charge is -2.29. The van der Waals surface area contributed by atoms with E-state index in [1.54, 1.807) is 20.8 Å². The summed E-state index contributed by atoms with van der Waals surface area (Å²) in [5.74, 6) is -0.382. The summed E-state index contributed by atoms with van der Waals surface area (Å²) >= 11 is 3.45. The van der Waals surface area contributed by atoms with Gasteiger partial charge in [0, 0.05) is 16.9 Å². The molecule has 27 heavy (non-hydrogen) atoms. The van der Waals surface area contributed by atoms with Crippen LogP contribution in [0.5, 0.6) is 0 Å². The topological polar surface area (TPSA) is 46.6 Å². The molecule has 5 heteroatoms. The molecule has 0 spiro atoms. The van der Waals surface area contributed by atoms with Gasteiger partial charge in [-0.05, 0) is 51.0 Å². The van der Waals surface area contributed by atoms with Crippen LogP contribution < -0.4 is 0 Å². The largest absolute Gasteiger partial charge is 0.443 e. The van der Waals surface area contributed by atoms with Crippen molar-refractivity contribution in [1.82, 2.24) is 4.90 Å². The van der Waals surface area contributed by atoms with E-state index in [-0.39, 0.29) is 11.8 Å². The Morgan fingerprint density at radius 2 is 1.70 bits per heavy atom. The molecule has 4 nitrogen and oxygen atoms in total. The number of ether oxygens (including phenoxy) is 1. The van der Waals surface area contributed by atoms with E-state index in [2.05, 4.69) is 15.9 Å². The molecule has 2 unspecified atom stereocenters. The Morgan fingerprint density at radius 1 is 1.11 bits per heavy atom. The van der Waals surface area contributed by atoms with Crippen molar-refractivity contribution in [3.05, 3.63) is 70.2 Å². The van der Waals surface area contributed by atoms with E-state index in [0.29, 0.717) is 6.54 Å². The lowest BCUT2D eigenvalue weighted by atomic mass is 9.71. The van der Waals surface area contributed by atoms with Gasteiger partial charge in [-0.2, -0.15) is 0 Å². The van der Waals surface area contributed by atoms with Gasteiger partial charge in [-0.15, -0.1) is 0 Å². The monoisotopic (exact) mass is 429 g/mol. The minimum atomic E-state index is -0.848. The van der Waals surface area contributed by atoms with Crippen LogP contribution in [0.3, 0.4) is 0 Å². The Labute approximate surface area is 168 Å². The zero-order valence-corrected chi connectivity index (χ0v) is 17.6. The first-order valence-electron chi connectivity index (χ1n) is 8.99. The molecule has 3 rings (SSSR count). The fraction of sp³-hybridized carbons (Fsp3) is 0.364. The van der Waals surface area contributed by atoms with Crippen molar-refractivity contribution >= 4 is 27.9 Å². The lowest BCUT2D eigenvalue weighted by molar-refractivity contribution is -0.131. The van der Waals surface area contributed by atoms with Gasteiger partial charge >= 0.3 is 6.09 Å². The van der Waals surface area contributed by atoms with Crippen molar-refractivity contribution < 1.29 is 14.3 Å². The highest BCUT2D eigenvalue weighted by molar-refractivity contribution is 9.10. The molecule has 1 heterocycles. The number of benzene rings is 2. The maximum Gasteiger partial charge on any atom is 0.417 e. The molecule has 0 N–H and O–H groups in total. The quantitative estimate of drug-likeness (QED) is 0.653. The summed E-state index contributed by atoms with van der Waals surface area (Å²) in [5.41, 5.74) is 0.410. The van der Waals surface area contributed by atoms with Gasteiger partial charge < -0.3 is 4.74 Å². The van der Waals surface area contributed by atoms with Gasteiger partial charge in [0.2, 0.25) is 5.91 Å². The predicted molar refractivity (Wildman–Crippen MR) is 109 cm³/mol. The van der Waals surface area contributed by atoms with Crippen LogP contribution >= 0.6 is 15.9 Å². The second-order valence-electron chi connectivity index (χ2n) is 8.07. The van der Waals surface area contributed by atoms with E-state index in [1.165, 1.54) is 4.90 Å². The fourth-order valence-electron chi connectivity index (χ4n) is 3.60. The maximum absolute atomic E-state index is 13.4. The summed E-state index contributed by atoms with van der Waals surface area (Å²) < 4.78 is 6.43. The number of imide groups is 1. The van der Waals surface area contributed by atoms with Crippen LogP contribution in [0.2, 0.25) is 0 Å². The zero-order valence-electron chi connectivity index (χ0n) is 16.0. The highest BCUT2D eigenvalue weighted by Gasteiger charge is 2.54. The second-order valence-corrected chi connectivity index (χ2v) is 8.98. The predicted octanol–water partition coefficient (Wildman–Crippen LogP) is 5.27. The molecule has 0 aliphatic carbocycles. The molecule has 0 aromatic heterocycles. The first-order chi connectivity index (χ1) is 12.6. The van der Waals surface area contributed by atoms with Crippen molar-refractivity contribution in [2.45, 2.75) is 44.6 Å². The summed E-state index contributed by atoms with van der Waals surface area (Å²) in [7, 11) is 0. The molecule has 2 aromatic rings. The van der Waals surface area contributed by atoms with Gasteiger partial charge in [0.1, 0.15) is 5.60 Å². The first kappa shape index (κ1) is 19.6. The van der Waals surface area contributed by atoms with Crippen molar-refractivity contribution in [2.24, 2.45) is 0 Å². The van der Waals surface area contributed by atoms with Crippen LogP contribution in [0, 0.1) is 0 Å². The minimum Gasteiger partial charge on any atom is -0.443 e. The molecule has 142 valence electrons. The Balaban J connectivity index is 2.05. The standard InChI is InChI=1S/C22H24BrNO3/c1-21(2,3)27-20(26)24-14-18(15-8-6-5-7-9-15)22(4,19(24)25)16-10-12-17(23)13-11-16/h5-13,18H,14H2,1-4H3. The van der Waals surface area contributed by atoms with Crippen LogP contribution in [0.15, 0.2) is 59.1 Å². The first-order valence-corrected chi connectivity index (χ1v) is 9.78. The number of halogens is 1. The molecule has 1 aliphatic rings. The molecule has 0 bridgehead atoms. The SMILES string of the molecule is CC(C)(C)OC(=O)N1CC(c2ccccc2)C(C)(c2ccc(Br)cc2)C1=O. The molecular formula is C22H24BrNO3. The van der Waals surface area contributed by atoms with Gasteiger partial charge in [0.15, 0.2) is 0 Å². The van der Waals surface area contributed by atoms with E-state index < -0.39 is 17.1 Å². The Kier molecular flexibility index (Phi) is 5.17. The number of rotatable bonds is 2. The number of likely N-dealkylation sites (tertiary alicyclic amines) is 1. The lowest BCUT2D eigenvalue weighted by Crippen LogP contribution is -2.42. The Hall–Kier alpha value is -2.14. The third-order valence-corrected chi connectivity index (χ3v) is 5.54. The van der Waals surface area contributed by atoms with Gasteiger partial charge in [-0.1, -0.05) is 58.4 Å². The van der Waals surface area contributed by atoms with Crippen molar-refractivity contribution in [3.8, 4) is 0 Å². The summed E-state index contributed by atoms with van der Waals surface area (Å²) in [6, 6.07) is 17.6. The second kappa shape index (κ2) is 7.12. The van der Waals surface area contributed by atoms with Crippen LogP contribution in [0.4, 0.5) is 4.79 Å². The summed E-state index contributed by atoms with van der Waals surface area (Å²) in [6.07, 6.45) is -0.589. The number of nitrogens with zero attached hydrogens (tertiary/aromatic N) is 1. The van der Waals surface area contributed by atoms with Crippen molar-refractivity contribution in [3.63, 3.8) is 0 Å². The molecule has 2 atom stereocenters. The van der Waals surface area contributed by atoms with Gasteiger partial charge in [-0.3, -0.25) is 4.79 Å². The fourth-order valence-corrected chi connectivity index (χ4v) is 3.86. The van der Waals surface area contributed by atoms with E-state index in [9.17, 15) is 9.59 Å². The molecule has 1 fully saturated rings. The third kappa shape index (κ3) is 3.79. The maximum atomic E-state index is 13.4. The van der Waals surface area contributed by atoms with Crippen LogP contribution in [-0.2, 0) is 14.9 Å². The van der Waals surface area contributed by atoms with E-state index in [1.807, 2.05) is 61.5 Å². The summed E-state index contributed by atoms with van der Waals surface area (Å²) in [5, 5.41) is 0. The molecule has 0 saturated carbocycles. The molecule has 2 amide bonds. The molecular weight excluding hydrogens is 406 g/mol. The number of hydrogen-bond donors (Lipinski definition) is 0. The summed E-state index contributed by atoms with van der Waals surface area (Å²) in [4.78, 5) is 27.4. The molecule has 1 saturated heterocycles. The van der Waals surface area contributed by atoms with Gasteiger partial charge in [0.25, 0.3) is 0 Å². The third-order valence-electron chi connectivity index (χ3n) is 5.01. The highest BCUT2D eigenvalue weighted by Crippen LogP contribution is 2.46. The highest BCUT2D eigenvalue weighted by atomic mass is 79.9. The Morgan fingerprint density at radius 3 is 2.26 bits per heavy atom. The van der Waals surface area contributed by atoms with Crippen LogP contribution in [0.25, 0.3) is 0 Å². The van der Waals surface area contributed by atoms with E-state index >= 15 is 0 Å². The minimum absolute atomic E-state index is 0.153. The molecule has 2 aromatic carbocycles. The van der Waals surface area contributed by atoms with Crippen molar-refractivity contribution in [1.29, 1.82) is 0 Å². The number of hydrogen-bond acceptors (Lipinski definition) is 3. The average Bonchev–Trinajstić information content (AvgIpc) is 2.88. The smallest absolute Gasteiger partial charge is 0.417 e. The number of amides is 2. The van der Waals surface area contributed by atoms with Crippen LogP contribution in [0.1, 0.15) is 44.7 Å². The van der Waals surface area contributed by atoms with Crippen molar-refractivity contribution in [2.75, 3.05) is 6.54 Å². The van der Waals surface area contributed by atoms with Gasteiger partial charge in [0.05, 0.1) is 5.41 Å². The summed E-state index contributed by atoms with van der Waals surface area (Å²) in [6.45, 7) is 7.61. The van der Waals surface area contributed by atoms with E-state index in [4.69, 9.17) is 4.74 Å². The van der Waals surface area contributed by atoms with E-state index in [0.717, 1.165) is 15.6 Å². The average molecular weight is 430 g/mol. The number of carbonyl (C=O) groups is 2.